The molecule has 0 bridgehead atoms. The maximum Gasteiger partial charge on any atom is 0.131 e. The summed E-state index contributed by atoms with van der Waals surface area (Å²) in [6.45, 7) is 13.4. The first-order chi connectivity index (χ1) is 15.7. The fourth-order valence-corrected chi connectivity index (χ4v) is 4.61. The van der Waals surface area contributed by atoms with Gasteiger partial charge in [0.25, 0.3) is 0 Å². The second-order valence-electron chi connectivity index (χ2n) is 10.6. The van der Waals surface area contributed by atoms with Crippen LogP contribution in [0.3, 0.4) is 0 Å². The molecule has 0 aromatic heterocycles. The number of phenolic OH excluding ortho intramolecular Hbond substituents is 2. The van der Waals surface area contributed by atoms with E-state index in [2.05, 4.69) is 40.7 Å². The SMILES string of the molecule is CC(/C=C/c1c(C)c(O)c2ccccc2c1O)=C\CCC(C)CCCC(C)CCCC(C)C. The molecule has 0 heterocycles. The molecule has 2 rings (SSSR count). The highest BCUT2D eigenvalue weighted by atomic mass is 16.3. The smallest absolute Gasteiger partial charge is 0.131 e. The van der Waals surface area contributed by atoms with E-state index in [1.54, 1.807) is 0 Å². The number of benzene rings is 2. The molecule has 2 aromatic rings. The van der Waals surface area contributed by atoms with E-state index >= 15 is 0 Å². The van der Waals surface area contributed by atoms with Crippen molar-refractivity contribution in [2.75, 3.05) is 0 Å². The molecule has 0 radical (unpaired) electrons. The minimum atomic E-state index is 0.233. The number of aromatic hydroxyl groups is 2. The molecule has 33 heavy (non-hydrogen) atoms. The molecule has 2 atom stereocenters. The van der Waals surface area contributed by atoms with Crippen LogP contribution in [0.4, 0.5) is 0 Å². The van der Waals surface area contributed by atoms with Crippen molar-refractivity contribution < 1.29 is 10.2 Å². The van der Waals surface area contributed by atoms with E-state index in [-0.39, 0.29) is 11.5 Å². The van der Waals surface area contributed by atoms with Crippen LogP contribution in [0.5, 0.6) is 11.5 Å². The van der Waals surface area contributed by atoms with Crippen LogP contribution in [0.1, 0.15) is 97.1 Å². The van der Waals surface area contributed by atoms with Gasteiger partial charge in [-0.05, 0) is 44.4 Å². The summed E-state index contributed by atoms with van der Waals surface area (Å²) in [6, 6.07) is 7.44. The van der Waals surface area contributed by atoms with Gasteiger partial charge in [-0.25, -0.2) is 0 Å². The van der Waals surface area contributed by atoms with Crippen molar-refractivity contribution in [3.05, 3.63) is 53.1 Å². The predicted molar refractivity (Wildman–Crippen MR) is 145 cm³/mol. The van der Waals surface area contributed by atoms with Gasteiger partial charge in [0.05, 0.1) is 0 Å². The molecular formula is C31H46O2. The minimum Gasteiger partial charge on any atom is -0.507 e. The van der Waals surface area contributed by atoms with Crippen LogP contribution in [-0.4, -0.2) is 10.2 Å². The summed E-state index contributed by atoms with van der Waals surface area (Å²) >= 11 is 0. The Kier molecular flexibility index (Phi) is 11.0. The second-order valence-corrected chi connectivity index (χ2v) is 10.6. The van der Waals surface area contributed by atoms with Crippen molar-refractivity contribution in [3.8, 4) is 11.5 Å². The highest BCUT2D eigenvalue weighted by Gasteiger charge is 2.13. The lowest BCUT2D eigenvalue weighted by atomic mass is 9.92. The third kappa shape index (κ3) is 8.57. The predicted octanol–water partition coefficient (Wildman–Crippen LogP) is 9.57. The zero-order valence-corrected chi connectivity index (χ0v) is 21.8. The number of hydrogen-bond donors (Lipinski definition) is 2. The van der Waals surface area contributed by atoms with Crippen LogP contribution >= 0.6 is 0 Å². The Morgan fingerprint density at radius 2 is 1.36 bits per heavy atom. The molecule has 2 unspecified atom stereocenters. The quantitative estimate of drug-likeness (QED) is 0.235. The Morgan fingerprint density at radius 3 is 1.97 bits per heavy atom. The van der Waals surface area contributed by atoms with Crippen LogP contribution < -0.4 is 0 Å². The molecule has 0 saturated carbocycles. The number of fused-ring (bicyclic) bond motifs is 1. The zero-order valence-electron chi connectivity index (χ0n) is 21.8. The van der Waals surface area contributed by atoms with Crippen molar-refractivity contribution in [3.63, 3.8) is 0 Å². The average molecular weight is 451 g/mol. The van der Waals surface area contributed by atoms with Crippen molar-refractivity contribution in [2.45, 2.75) is 92.9 Å². The van der Waals surface area contributed by atoms with E-state index in [1.807, 2.05) is 43.3 Å². The highest BCUT2D eigenvalue weighted by Crippen LogP contribution is 2.39. The first kappa shape index (κ1) is 27.0. The van der Waals surface area contributed by atoms with Crippen molar-refractivity contribution in [2.24, 2.45) is 17.8 Å². The molecule has 0 spiro atoms. The summed E-state index contributed by atoms with van der Waals surface area (Å²) in [4.78, 5) is 0. The topological polar surface area (TPSA) is 40.5 Å². The number of phenols is 2. The monoisotopic (exact) mass is 450 g/mol. The molecule has 182 valence electrons. The summed E-state index contributed by atoms with van der Waals surface area (Å²) in [5.41, 5.74) is 2.59. The fraction of sp³-hybridized carbons (Fsp3) is 0.548. The molecule has 2 aromatic carbocycles. The molecule has 0 aliphatic heterocycles. The van der Waals surface area contributed by atoms with Crippen molar-refractivity contribution in [1.29, 1.82) is 0 Å². The van der Waals surface area contributed by atoms with E-state index in [0.717, 1.165) is 24.2 Å². The molecule has 0 aliphatic rings. The minimum absolute atomic E-state index is 0.233. The van der Waals surface area contributed by atoms with Crippen molar-refractivity contribution >= 4 is 16.8 Å². The van der Waals surface area contributed by atoms with Crippen LogP contribution in [0.2, 0.25) is 0 Å². The summed E-state index contributed by atoms with van der Waals surface area (Å²) in [5, 5.41) is 22.6. The third-order valence-corrected chi connectivity index (χ3v) is 6.96. The normalized spacial score (nSPS) is 14.5. The first-order valence-corrected chi connectivity index (χ1v) is 13.0. The molecule has 2 heteroatoms. The van der Waals surface area contributed by atoms with Crippen LogP contribution in [0.15, 0.2) is 42.0 Å². The largest absolute Gasteiger partial charge is 0.507 e. The summed E-state index contributed by atoms with van der Waals surface area (Å²) in [7, 11) is 0. The number of hydrogen-bond acceptors (Lipinski definition) is 2. The molecule has 0 saturated heterocycles. The summed E-state index contributed by atoms with van der Waals surface area (Å²) < 4.78 is 0. The summed E-state index contributed by atoms with van der Waals surface area (Å²) in [5.74, 6) is 2.92. The Labute approximate surface area is 202 Å². The lowest BCUT2D eigenvalue weighted by Gasteiger charge is -2.14. The van der Waals surface area contributed by atoms with Gasteiger partial charge >= 0.3 is 0 Å². The van der Waals surface area contributed by atoms with Gasteiger partial charge in [0.2, 0.25) is 0 Å². The second kappa shape index (κ2) is 13.5. The highest BCUT2D eigenvalue weighted by molar-refractivity contribution is 5.97. The van der Waals surface area contributed by atoms with Gasteiger partial charge < -0.3 is 10.2 Å². The van der Waals surface area contributed by atoms with Gasteiger partial charge in [-0.1, -0.05) is 114 Å². The first-order valence-electron chi connectivity index (χ1n) is 13.0. The Morgan fingerprint density at radius 1 is 0.818 bits per heavy atom. The van der Waals surface area contributed by atoms with E-state index in [9.17, 15) is 10.2 Å². The maximum absolute atomic E-state index is 10.7. The fourth-order valence-electron chi connectivity index (χ4n) is 4.61. The number of allylic oxidation sites excluding steroid dienone is 3. The van der Waals surface area contributed by atoms with E-state index in [1.165, 1.54) is 50.5 Å². The maximum atomic E-state index is 10.7. The average Bonchev–Trinajstić information content (AvgIpc) is 2.77. The summed E-state index contributed by atoms with van der Waals surface area (Å²) in [6.07, 6.45) is 16.7. The molecule has 2 nitrogen and oxygen atoms in total. The molecule has 0 fully saturated rings. The Bertz CT molecular complexity index is 936. The van der Waals surface area contributed by atoms with Crippen LogP contribution in [0.25, 0.3) is 16.8 Å². The van der Waals surface area contributed by atoms with Gasteiger partial charge in [-0.15, -0.1) is 0 Å². The molecular weight excluding hydrogens is 404 g/mol. The standard InChI is InChI=1S/C31H46O2/c1-22(2)12-9-13-23(3)14-10-15-24(4)16-11-17-25(5)20-21-27-26(6)30(32)28-18-7-8-19-29(28)31(27)33/h7-8,17-24,32-33H,9-16H2,1-6H3/b21-20+,25-17+. The van der Waals surface area contributed by atoms with Gasteiger partial charge in [0.1, 0.15) is 11.5 Å². The van der Waals surface area contributed by atoms with Crippen molar-refractivity contribution in [1.82, 2.24) is 0 Å². The number of rotatable bonds is 13. The lowest BCUT2D eigenvalue weighted by molar-refractivity contribution is 0.393. The molecule has 0 aliphatic carbocycles. The molecule has 2 N–H and O–H groups in total. The van der Waals surface area contributed by atoms with Gasteiger partial charge in [-0.3, -0.25) is 0 Å². The van der Waals surface area contributed by atoms with E-state index < -0.39 is 0 Å². The molecule has 0 amide bonds. The Balaban J connectivity index is 1.81. The van der Waals surface area contributed by atoms with E-state index in [0.29, 0.717) is 21.9 Å². The van der Waals surface area contributed by atoms with Gasteiger partial charge in [0.15, 0.2) is 0 Å². The van der Waals surface area contributed by atoms with E-state index in [4.69, 9.17) is 0 Å². The lowest BCUT2D eigenvalue weighted by Crippen LogP contribution is -2.00. The van der Waals surface area contributed by atoms with Gasteiger partial charge in [-0.2, -0.15) is 0 Å². The zero-order chi connectivity index (χ0) is 24.4. The third-order valence-electron chi connectivity index (χ3n) is 6.96. The van der Waals surface area contributed by atoms with Crippen LogP contribution in [-0.2, 0) is 0 Å². The van der Waals surface area contributed by atoms with Crippen LogP contribution in [0, 0.1) is 24.7 Å². The Hall–Kier alpha value is -2.22. The van der Waals surface area contributed by atoms with Gasteiger partial charge in [0, 0.05) is 21.9 Å².